The molecule has 7 nitrogen and oxygen atoms in total. The molecule has 2 rings (SSSR count). The molecule has 0 aromatic heterocycles. The molecule has 0 bridgehead atoms. The van der Waals surface area contributed by atoms with Crippen LogP contribution in [0.2, 0.25) is 0 Å². The lowest BCUT2D eigenvalue weighted by Crippen LogP contribution is -2.38. The molecule has 0 aliphatic rings. The van der Waals surface area contributed by atoms with Crippen LogP contribution < -0.4 is 15.4 Å². The molecule has 166 valence electrons. The molecule has 0 spiro atoms. The van der Waals surface area contributed by atoms with E-state index in [9.17, 15) is 14.4 Å². The van der Waals surface area contributed by atoms with Crippen LogP contribution in [0.1, 0.15) is 48.7 Å². The van der Waals surface area contributed by atoms with Crippen molar-refractivity contribution in [3.05, 3.63) is 65.7 Å². The van der Waals surface area contributed by atoms with Crippen molar-refractivity contribution in [2.24, 2.45) is 0 Å². The van der Waals surface area contributed by atoms with Gasteiger partial charge < -0.3 is 20.3 Å². The smallest absolute Gasteiger partial charge is 0.259 e. The first-order valence-electron chi connectivity index (χ1n) is 10.4. The van der Waals surface area contributed by atoms with Crippen molar-refractivity contribution in [1.82, 2.24) is 15.5 Å². The summed E-state index contributed by atoms with van der Waals surface area (Å²) in [7, 11) is 3.34. The van der Waals surface area contributed by atoms with Gasteiger partial charge in [-0.1, -0.05) is 43.3 Å². The van der Waals surface area contributed by atoms with Crippen molar-refractivity contribution in [3.8, 4) is 5.75 Å². The average Bonchev–Trinajstić information content (AvgIpc) is 2.76. The van der Waals surface area contributed by atoms with Crippen molar-refractivity contribution in [2.45, 2.75) is 38.8 Å². The van der Waals surface area contributed by atoms with E-state index in [1.807, 2.05) is 31.2 Å². The molecule has 2 N–H and O–H groups in total. The zero-order chi connectivity index (χ0) is 22.8. The van der Waals surface area contributed by atoms with Crippen molar-refractivity contribution >= 4 is 17.7 Å². The number of nitrogens with one attached hydrogen (secondary N) is 2. The Morgan fingerprint density at radius 1 is 0.968 bits per heavy atom. The van der Waals surface area contributed by atoms with Gasteiger partial charge in [-0.3, -0.25) is 14.4 Å². The number of benzene rings is 2. The van der Waals surface area contributed by atoms with Crippen LogP contribution in [0.4, 0.5) is 0 Å². The summed E-state index contributed by atoms with van der Waals surface area (Å²) < 4.78 is 5.71. The summed E-state index contributed by atoms with van der Waals surface area (Å²) in [5.41, 5.74) is 1.37. The lowest BCUT2D eigenvalue weighted by Gasteiger charge is -2.22. The van der Waals surface area contributed by atoms with Gasteiger partial charge in [-0.25, -0.2) is 0 Å². The Morgan fingerprint density at radius 2 is 1.61 bits per heavy atom. The fourth-order valence-corrected chi connectivity index (χ4v) is 3.05. The van der Waals surface area contributed by atoms with Gasteiger partial charge in [0, 0.05) is 37.7 Å². The lowest BCUT2D eigenvalue weighted by molar-refractivity contribution is -0.130. The number of rotatable bonds is 10. The summed E-state index contributed by atoms with van der Waals surface area (Å²) in [4.78, 5) is 38.2. The molecule has 0 aliphatic carbocycles. The van der Waals surface area contributed by atoms with Gasteiger partial charge in [-0.15, -0.1) is 0 Å². The second-order valence-electron chi connectivity index (χ2n) is 7.59. The van der Waals surface area contributed by atoms with Crippen LogP contribution in [0.5, 0.6) is 5.75 Å². The molecule has 31 heavy (non-hydrogen) atoms. The van der Waals surface area contributed by atoms with Crippen LogP contribution in [0, 0.1) is 0 Å². The first-order valence-corrected chi connectivity index (χ1v) is 10.4. The van der Waals surface area contributed by atoms with Crippen LogP contribution in [-0.4, -0.2) is 49.4 Å². The fraction of sp³-hybridized carbons (Fsp3) is 0.375. The topological polar surface area (TPSA) is 87.7 Å². The number of hydrogen-bond acceptors (Lipinski definition) is 4. The van der Waals surface area contributed by atoms with Gasteiger partial charge in [0.1, 0.15) is 5.75 Å². The van der Waals surface area contributed by atoms with Gasteiger partial charge >= 0.3 is 0 Å². The molecule has 2 atom stereocenters. The Bertz CT molecular complexity index is 883. The zero-order valence-corrected chi connectivity index (χ0v) is 18.6. The van der Waals surface area contributed by atoms with Gasteiger partial charge in [0.15, 0.2) is 6.61 Å². The number of likely N-dealkylation sites (N-methyl/N-ethyl adjacent to an activating group) is 1. The van der Waals surface area contributed by atoms with Crippen molar-refractivity contribution < 1.29 is 19.1 Å². The lowest BCUT2D eigenvalue weighted by atomic mass is 10.0. The van der Waals surface area contributed by atoms with E-state index in [0.29, 0.717) is 17.7 Å². The van der Waals surface area contributed by atoms with E-state index < -0.39 is 0 Å². The van der Waals surface area contributed by atoms with Gasteiger partial charge in [-0.05, 0) is 31.5 Å². The molecular weight excluding hydrogens is 394 g/mol. The highest BCUT2D eigenvalue weighted by Gasteiger charge is 2.20. The number of amides is 3. The maximum absolute atomic E-state index is 12.6. The number of ether oxygens (including phenoxy) is 1. The number of para-hydroxylation sites is 1. The highest BCUT2D eigenvalue weighted by molar-refractivity contribution is 5.94. The standard InChI is InChI=1S/C24H31N3O4/c1-5-20(19-13-9-10-14-21(19)31-16-23(29)27(3)4)26-22(28)15-17(2)25-24(30)18-11-7-6-8-12-18/h6-14,17,20H,5,15-16H2,1-4H3,(H,25,30)(H,26,28). The molecule has 2 aromatic rings. The van der Waals surface area contributed by atoms with Crippen LogP contribution in [0.25, 0.3) is 0 Å². The maximum Gasteiger partial charge on any atom is 0.259 e. The third kappa shape index (κ3) is 7.44. The van der Waals surface area contributed by atoms with Crippen LogP contribution in [0.15, 0.2) is 54.6 Å². The number of hydrogen-bond donors (Lipinski definition) is 2. The van der Waals surface area contributed by atoms with E-state index >= 15 is 0 Å². The summed E-state index contributed by atoms with van der Waals surface area (Å²) >= 11 is 0. The largest absolute Gasteiger partial charge is 0.483 e. The third-order valence-electron chi connectivity index (χ3n) is 4.79. The summed E-state index contributed by atoms with van der Waals surface area (Å²) in [6, 6.07) is 15.7. The number of carbonyl (C=O) groups is 3. The first kappa shape index (κ1) is 23.9. The summed E-state index contributed by atoms with van der Waals surface area (Å²) in [5.74, 6) is 0.0364. The molecule has 2 unspecified atom stereocenters. The molecule has 0 saturated carbocycles. The second-order valence-corrected chi connectivity index (χ2v) is 7.59. The minimum Gasteiger partial charge on any atom is -0.483 e. The first-order chi connectivity index (χ1) is 14.8. The highest BCUT2D eigenvalue weighted by atomic mass is 16.5. The predicted molar refractivity (Wildman–Crippen MR) is 120 cm³/mol. The maximum atomic E-state index is 12.6. The van der Waals surface area contributed by atoms with Gasteiger partial charge in [0.05, 0.1) is 6.04 Å². The number of nitrogens with zero attached hydrogens (tertiary/aromatic N) is 1. The molecule has 0 aliphatic heterocycles. The molecule has 3 amide bonds. The Morgan fingerprint density at radius 3 is 2.26 bits per heavy atom. The van der Waals surface area contributed by atoms with Crippen LogP contribution >= 0.6 is 0 Å². The van der Waals surface area contributed by atoms with E-state index in [1.165, 1.54) is 4.90 Å². The number of carbonyl (C=O) groups excluding carboxylic acids is 3. The van der Waals surface area contributed by atoms with Crippen LogP contribution in [-0.2, 0) is 9.59 Å². The van der Waals surface area contributed by atoms with Crippen molar-refractivity contribution in [1.29, 1.82) is 0 Å². The monoisotopic (exact) mass is 425 g/mol. The van der Waals surface area contributed by atoms with E-state index in [1.54, 1.807) is 51.4 Å². The fourth-order valence-electron chi connectivity index (χ4n) is 3.05. The summed E-state index contributed by atoms with van der Waals surface area (Å²) in [6.45, 7) is 3.69. The highest BCUT2D eigenvalue weighted by Crippen LogP contribution is 2.27. The molecule has 0 fully saturated rings. The Hall–Kier alpha value is -3.35. The van der Waals surface area contributed by atoms with Crippen molar-refractivity contribution in [2.75, 3.05) is 20.7 Å². The average molecular weight is 426 g/mol. The molecule has 0 heterocycles. The molecule has 7 heteroatoms. The second kappa shape index (κ2) is 11.7. The Labute approximate surface area is 183 Å². The Balaban J connectivity index is 1.97. The van der Waals surface area contributed by atoms with E-state index in [4.69, 9.17) is 4.74 Å². The minimum atomic E-state index is -0.325. The molecular formula is C24H31N3O4. The third-order valence-corrected chi connectivity index (χ3v) is 4.79. The molecule has 2 aromatic carbocycles. The minimum absolute atomic E-state index is 0.0725. The normalized spacial score (nSPS) is 12.4. The molecule has 0 radical (unpaired) electrons. The predicted octanol–water partition coefficient (Wildman–Crippen LogP) is 2.93. The summed E-state index contributed by atoms with van der Waals surface area (Å²) in [5, 5.41) is 5.86. The summed E-state index contributed by atoms with van der Waals surface area (Å²) in [6.07, 6.45) is 0.801. The quantitative estimate of drug-likeness (QED) is 0.613. The SMILES string of the molecule is CCC(NC(=O)CC(C)NC(=O)c1ccccc1)c1ccccc1OCC(=O)N(C)C. The zero-order valence-electron chi connectivity index (χ0n) is 18.6. The van der Waals surface area contributed by atoms with E-state index in [2.05, 4.69) is 10.6 Å². The molecule has 0 saturated heterocycles. The van der Waals surface area contributed by atoms with Gasteiger partial charge in [-0.2, -0.15) is 0 Å². The van der Waals surface area contributed by atoms with Crippen LogP contribution in [0.3, 0.4) is 0 Å². The Kier molecular flexibility index (Phi) is 9.06. The van der Waals surface area contributed by atoms with Crippen molar-refractivity contribution in [3.63, 3.8) is 0 Å². The van der Waals surface area contributed by atoms with E-state index in [0.717, 1.165) is 5.56 Å². The van der Waals surface area contributed by atoms with E-state index in [-0.39, 0.29) is 42.8 Å². The van der Waals surface area contributed by atoms with Gasteiger partial charge in [0.25, 0.3) is 11.8 Å². The van der Waals surface area contributed by atoms with Gasteiger partial charge in [0.2, 0.25) is 5.91 Å².